The summed E-state index contributed by atoms with van der Waals surface area (Å²) in [5.41, 5.74) is 3.30. The largest absolute Gasteiger partial charge is 0.370 e. The van der Waals surface area contributed by atoms with Crippen LogP contribution in [0, 0.1) is 12.7 Å². The van der Waals surface area contributed by atoms with Crippen LogP contribution in [-0.4, -0.2) is 5.91 Å². The third-order valence-electron chi connectivity index (χ3n) is 3.98. The molecule has 0 bridgehead atoms. The van der Waals surface area contributed by atoms with Crippen LogP contribution in [0.2, 0.25) is 0 Å². The van der Waals surface area contributed by atoms with Gasteiger partial charge in [0, 0.05) is 15.8 Å². The van der Waals surface area contributed by atoms with Crippen LogP contribution in [0.5, 0.6) is 0 Å². The lowest BCUT2D eigenvalue weighted by atomic mass is 10.1. The molecule has 3 aromatic rings. The van der Waals surface area contributed by atoms with Gasteiger partial charge in [-0.2, -0.15) is 0 Å². The smallest absolute Gasteiger partial charge is 0.251 e. The zero-order chi connectivity index (χ0) is 18.5. The van der Waals surface area contributed by atoms with Gasteiger partial charge in [0.1, 0.15) is 11.9 Å². The summed E-state index contributed by atoms with van der Waals surface area (Å²) in [7, 11) is 0. The molecular formula is C21H18BrFN2O. The fourth-order valence-electron chi connectivity index (χ4n) is 2.59. The van der Waals surface area contributed by atoms with Gasteiger partial charge in [0.05, 0.1) is 0 Å². The number of amides is 1. The van der Waals surface area contributed by atoms with Gasteiger partial charge in [-0.3, -0.25) is 4.79 Å². The zero-order valence-corrected chi connectivity index (χ0v) is 15.8. The fraction of sp³-hybridized carbons (Fsp3) is 0.0952. The van der Waals surface area contributed by atoms with Crippen LogP contribution in [-0.2, 0) is 4.79 Å². The monoisotopic (exact) mass is 412 g/mol. The quantitative estimate of drug-likeness (QED) is 0.565. The summed E-state index contributed by atoms with van der Waals surface area (Å²) in [5, 5.41) is 6.12. The molecule has 0 fully saturated rings. The van der Waals surface area contributed by atoms with Crippen molar-refractivity contribution in [2.75, 3.05) is 10.6 Å². The molecule has 1 amide bonds. The van der Waals surface area contributed by atoms with E-state index in [1.807, 2.05) is 55.5 Å². The molecule has 0 saturated carbocycles. The molecule has 0 spiro atoms. The van der Waals surface area contributed by atoms with Gasteiger partial charge in [-0.25, -0.2) is 4.39 Å². The number of benzene rings is 3. The van der Waals surface area contributed by atoms with E-state index >= 15 is 0 Å². The number of hydrogen-bond acceptors (Lipinski definition) is 2. The Morgan fingerprint density at radius 2 is 1.62 bits per heavy atom. The lowest BCUT2D eigenvalue weighted by Gasteiger charge is -2.20. The van der Waals surface area contributed by atoms with E-state index < -0.39 is 6.04 Å². The number of hydrogen-bond donors (Lipinski definition) is 2. The average molecular weight is 413 g/mol. The van der Waals surface area contributed by atoms with Crippen molar-refractivity contribution in [3.05, 3.63) is 94.2 Å². The first-order valence-electron chi connectivity index (χ1n) is 8.17. The molecule has 3 aromatic carbocycles. The zero-order valence-electron chi connectivity index (χ0n) is 14.2. The van der Waals surface area contributed by atoms with E-state index in [-0.39, 0.29) is 11.7 Å². The second kappa shape index (κ2) is 8.15. The van der Waals surface area contributed by atoms with E-state index in [0.29, 0.717) is 5.69 Å². The molecule has 0 saturated heterocycles. The van der Waals surface area contributed by atoms with Gasteiger partial charge in [0.25, 0.3) is 5.91 Å². The summed E-state index contributed by atoms with van der Waals surface area (Å²) in [5.74, 6) is -0.561. The number of nitrogens with one attached hydrogen (secondary N) is 2. The fourth-order valence-corrected chi connectivity index (χ4v) is 2.84. The van der Waals surface area contributed by atoms with Crippen molar-refractivity contribution in [2.24, 2.45) is 0 Å². The molecular weight excluding hydrogens is 395 g/mol. The van der Waals surface area contributed by atoms with Crippen LogP contribution in [0.25, 0.3) is 0 Å². The summed E-state index contributed by atoms with van der Waals surface area (Å²) in [6.45, 7) is 1.99. The van der Waals surface area contributed by atoms with Crippen molar-refractivity contribution >= 4 is 33.2 Å². The predicted octanol–water partition coefficient (Wildman–Crippen LogP) is 5.69. The maximum atomic E-state index is 13.1. The minimum absolute atomic E-state index is 0.219. The number of carbonyl (C=O) groups is 1. The predicted molar refractivity (Wildman–Crippen MR) is 107 cm³/mol. The Labute approximate surface area is 160 Å². The van der Waals surface area contributed by atoms with Crippen LogP contribution < -0.4 is 10.6 Å². The van der Waals surface area contributed by atoms with Crippen LogP contribution in [0.1, 0.15) is 17.2 Å². The third kappa shape index (κ3) is 4.49. The van der Waals surface area contributed by atoms with Gasteiger partial charge in [-0.1, -0.05) is 46.3 Å². The number of rotatable bonds is 5. The van der Waals surface area contributed by atoms with Crippen molar-refractivity contribution < 1.29 is 9.18 Å². The molecule has 132 valence electrons. The Balaban J connectivity index is 1.86. The van der Waals surface area contributed by atoms with Gasteiger partial charge < -0.3 is 10.6 Å². The first kappa shape index (κ1) is 18.1. The second-order valence-corrected chi connectivity index (χ2v) is 6.80. The molecule has 26 heavy (non-hydrogen) atoms. The van der Waals surface area contributed by atoms with E-state index in [0.717, 1.165) is 21.3 Å². The number of carbonyl (C=O) groups excluding carboxylic acids is 1. The first-order chi connectivity index (χ1) is 12.5. The third-order valence-corrected chi connectivity index (χ3v) is 4.87. The Hall–Kier alpha value is -2.66. The maximum Gasteiger partial charge on any atom is 0.251 e. The lowest BCUT2D eigenvalue weighted by Crippen LogP contribution is -2.27. The summed E-state index contributed by atoms with van der Waals surface area (Å²) in [6.07, 6.45) is 0. The molecule has 5 heteroatoms. The van der Waals surface area contributed by atoms with Gasteiger partial charge in [0.15, 0.2) is 0 Å². The highest BCUT2D eigenvalue weighted by Gasteiger charge is 2.20. The number of aryl methyl sites for hydroxylation is 1. The molecule has 0 heterocycles. The van der Waals surface area contributed by atoms with Crippen molar-refractivity contribution in [2.45, 2.75) is 13.0 Å². The Morgan fingerprint density at radius 1 is 0.962 bits per heavy atom. The lowest BCUT2D eigenvalue weighted by molar-refractivity contribution is -0.117. The Bertz CT molecular complexity index is 898. The number of anilines is 2. The maximum absolute atomic E-state index is 13.1. The SMILES string of the molecule is Cc1cc(N[C@@H](C(=O)Nc2ccc(F)cc2)c2ccccc2)ccc1Br. The minimum atomic E-state index is -0.582. The van der Waals surface area contributed by atoms with E-state index in [9.17, 15) is 9.18 Å². The van der Waals surface area contributed by atoms with Crippen LogP contribution in [0.15, 0.2) is 77.3 Å². The summed E-state index contributed by atoms with van der Waals surface area (Å²) in [4.78, 5) is 12.9. The minimum Gasteiger partial charge on any atom is -0.370 e. The molecule has 3 rings (SSSR count). The van der Waals surface area contributed by atoms with Crippen molar-refractivity contribution in [3.8, 4) is 0 Å². The van der Waals surface area contributed by atoms with Crippen LogP contribution >= 0.6 is 15.9 Å². The van der Waals surface area contributed by atoms with Crippen LogP contribution in [0.3, 0.4) is 0 Å². The topological polar surface area (TPSA) is 41.1 Å². The highest BCUT2D eigenvalue weighted by Crippen LogP contribution is 2.25. The summed E-state index contributed by atoms with van der Waals surface area (Å²) in [6, 6.07) is 20.5. The van der Waals surface area contributed by atoms with Gasteiger partial charge >= 0.3 is 0 Å². The molecule has 0 radical (unpaired) electrons. The normalized spacial score (nSPS) is 11.7. The molecule has 2 N–H and O–H groups in total. The first-order valence-corrected chi connectivity index (χ1v) is 8.96. The Morgan fingerprint density at radius 3 is 2.27 bits per heavy atom. The van der Waals surface area contributed by atoms with Crippen molar-refractivity contribution in [1.29, 1.82) is 0 Å². The van der Waals surface area contributed by atoms with E-state index in [1.165, 1.54) is 12.1 Å². The summed E-state index contributed by atoms with van der Waals surface area (Å²) < 4.78 is 14.1. The van der Waals surface area contributed by atoms with Gasteiger partial charge in [-0.05, 0) is 60.5 Å². The average Bonchev–Trinajstić information content (AvgIpc) is 2.65. The standard InChI is InChI=1S/C21H18BrFN2O/c1-14-13-18(11-12-19(14)22)24-20(15-5-3-2-4-6-15)21(26)25-17-9-7-16(23)8-10-17/h2-13,20,24H,1H3,(H,25,26)/t20-/m1/s1. The van der Waals surface area contributed by atoms with Gasteiger partial charge in [-0.15, -0.1) is 0 Å². The van der Waals surface area contributed by atoms with Crippen LogP contribution in [0.4, 0.5) is 15.8 Å². The highest BCUT2D eigenvalue weighted by atomic mass is 79.9. The Kier molecular flexibility index (Phi) is 5.68. The van der Waals surface area contributed by atoms with Gasteiger partial charge in [0.2, 0.25) is 0 Å². The van der Waals surface area contributed by atoms with Crippen molar-refractivity contribution in [3.63, 3.8) is 0 Å². The molecule has 0 aliphatic heterocycles. The van der Waals surface area contributed by atoms with E-state index in [2.05, 4.69) is 26.6 Å². The summed E-state index contributed by atoms with van der Waals surface area (Å²) >= 11 is 3.48. The molecule has 1 atom stereocenters. The second-order valence-electron chi connectivity index (χ2n) is 5.95. The van der Waals surface area contributed by atoms with E-state index in [1.54, 1.807) is 12.1 Å². The molecule has 0 aliphatic rings. The highest BCUT2D eigenvalue weighted by molar-refractivity contribution is 9.10. The van der Waals surface area contributed by atoms with E-state index in [4.69, 9.17) is 0 Å². The molecule has 0 unspecified atom stereocenters. The number of halogens is 2. The molecule has 3 nitrogen and oxygen atoms in total. The molecule has 0 aliphatic carbocycles. The molecule has 0 aromatic heterocycles. The van der Waals surface area contributed by atoms with Crippen molar-refractivity contribution in [1.82, 2.24) is 0 Å².